The lowest BCUT2D eigenvalue weighted by molar-refractivity contribution is 0.454. The molecule has 2 aromatic rings. The Kier molecular flexibility index (Phi) is 3.83. The van der Waals surface area contributed by atoms with Crippen LogP contribution < -0.4 is 5.32 Å². The Bertz CT molecular complexity index is 567. The maximum absolute atomic E-state index is 4.57. The zero-order valence-electron chi connectivity index (χ0n) is 12.2. The molecule has 4 nitrogen and oxygen atoms in total. The fraction of sp³-hybridized carbons (Fsp3) is 0.500. The van der Waals surface area contributed by atoms with Crippen molar-refractivity contribution in [3.05, 3.63) is 42.2 Å². The zero-order chi connectivity index (χ0) is 13.9. The first kappa shape index (κ1) is 13.3. The van der Waals surface area contributed by atoms with Gasteiger partial charge in [0.05, 0.1) is 5.69 Å². The molecule has 1 atom stereocenters. The summed E-state index contributed by atoms with van der Waals surface area (Å²) in [7, 11) is 0. The SMILES string of the molecule is CC(C)c1nccn1-c1ccnc(C2CCCNC2)c1. The average Bonchev–Trinajstić information content (AvgIpc) is 2.98. The Morgan fingerprint density at radius 1 is 1.30 bits per heavy atom. The molecule has 0 amide bonds. The minimum atomic E-state index is 0.415. The summed E-state index contributed by atoms with van der Waals surface area (Å²) in [6, 6.07) is 4.28. The maximum Gasteiger partial charge on any atom is 0.115 e. The normalized spacial score (nSPS) is 19.4. The molecule has 0 radical (unpaired) electrons. The summed E-state index contributed by atoms with van der Waals surface area (Å²) in [4.78, 5) is 9.04. The van der Waals surface area contributed by atoms with Gasteiger partial charge in [-0.1, -0.05) is 13.8 Å². The molecule has 4 heteroatoms. The molecule has 3 heterocycles. The van der Waals surface area contributed by atoms with Gasteiger partial charge in [-0.2, -0.15) is 0 Å². The molecule has 1 aliphatic heterocycles. The summed E-state index contributed by atoms with van der Waals surface area (Å²) in [6.45, 7) is 6.52. The largest absolute Gasteiger partial charge is 0.316 e. The highest BCUT2D eigenvalue weighted by atomic mass is 15.1. The Morgan fingerprint density at radius 3 is 2.95 bits per heavy atom. The molecule has 2 aromatic heterocycles. The molecule has 1 aliphatic rings. The molecule has 3 rings (SSSR count). The Balaban J connectivity index is 1.92. The van der Waals surface area contributed by atoms with Gasteiger partial charge in [0.2, 0.25) is 0 Å². The molecule has 0 aromatic carbocycles. The van der Waals surface area contributed by atoms with Crippen molar-refractivity contribution < 1.29 is 0 Å². The van der Waals surface area contributed by atoms with Gasteiger partial charge >= 0.3 is 0 Å². The third-order valence-corrected chi connectivity index (χ3v) is 3.94. The smallest absolute Gasteiger partial charge is 0.115 e. The molecule has 0 aliphatic carbocycles. The number of aromatic nitrogens is 3. The second-order valence-electron chi connectivity index (χ2n) is 5.79. The predicted octanol–water partition coefficient (Wildman–Crippen LogP) is 2.86. The van der Waals surface area contributed by atoms with Crippen LogP contribution in [0.3, 0.4) is 0 Å². The van der Waals surface area contributed by atoms with Crippen LogP contribution >= 0.6 is 0 Å². The van der Waals surface area contributed by atoms with Crippen molar-refractivity contribution in [1.82, 2.24) is 19.9 Å². The first-order chi connectivity index (χ1) is 9.75. The molecule has 0 bridgehead atoms. The van der Waals surface area contributed by atoms with E-state index in [1.54, 1.807) is 0 Å². The van der Waals surface area contributed by atoms with Crippen LogP contribution in [0.15, 0.2) is 30.7 Å². The van der Waals surface area contributed by atoms with Crippen molar-refractivity contribution in [2.45, 2.75) is 38.5 Å². The van der Waals surface area contributed by atoms with Crippen LogP contribution in [-0.2, 0) is 0 Å². The second-order valence-corrected chi connectivity index (χ2v) is 5.79. The van der Waals surface area contributed by atoms with Gasteiger partial charge in [0.15, 0.2) is 0 Å². The standard InChI is InChI=1S/C16H22N4/c1-12(2)16-19-8-9-20(16)14-5-7-18-15(10-14)13-4-3-6-17-11-13/h5,7-10,12-13,17H,3-4,6,11H2,1-2H3. The van der Waals surface area contributed by atoms with E-state index in [-0.39, 0.29) is 0 Å². The highest BCUT2D eigenvalue weighted by Gasteiger charge is 2.17. The van der Waals surface area contributed by atoms with Gasteiger partial charge in [0, 0.05) is 42.7 Å². The van der Waals surface area contributed by atoms with E-state index in [9.17, 15) is 0 Å². The predicted molar refractivity (Wildman–Crippen MR) is 80.3 cm³/mol. The average molecular weight is 270 g/mol. The van der Waals surface area contributed by atoms with Crippen LogP contribution in [0, 0.1) is 0 Å². The first-order valence-corrected chi connectivity index (χ1v) is 7.46. The van der Waals surface area contributed by atoms with Crippen LogP contribution in [0.1, 0.15) is 50.0 Å². The number of nitrogens with one attached hydrogen (secondary N) is 1. The number of rotatable bonds is 3. The summed E-state index contributed by atoms with van der Waals surface area (Å²) in [5.74, 6) is 2.05. The van der Waals surface area contributed by atoms with Crippen molar-refractivity contribution in [3.63, 3.8) is 0 Å². The molecule has 1 N–H and O–H groups in total. The molecular weight excluding hydrogens is 248 g/mol. The van der Waals surface area contributed by atoms with E-state index < -0.39 is 0 Å². The van der Waals surface area contributed by atoms with Crippen LogP contribution in [0.4, 0.5) is 0 Å². The van der Waals surface area contributed by atoms with E-state index in [2.05, 4.69) is 45.8 Å². The van der Waals surface area contributed by atoms with E-state index in [0.717, 1.165) is 18.9 Å². The van der Waals surface area contributed by atoms with Crippen molar-refractivity contribution in [2.24, 2.45) is 0 Å². The molecule has 106 valence electrons. The number of hydrogen-bond donors (Lipinski definition) is 1. The van der Waals surface area contributed by atoms with Crippen LogP contribution in [0.25, 0.3) is 5.69 Å². The van der Waals surface area contributed by atoms with Crippen molar-refractivity contribution >= 4 is 0 Å². The Morgan fingerprint density at radius 2 is 2.20 bits per heavy atom. The van der Waals surface area contributed by atoms with Gasteiger partial charge < -0.3 is 9.88 Å². The molecule has 20 heavy (non-hydrogen) atoms. The summed E-state index contributed by atoms with van der Waals surface area (Å²) in [5, 5.41) is 3.46. The highest BCUT2D eigenvalue weighted by Crippen LogP contribution is 2.24. The molecule has 0 spiro atoms. The monoisotopic (exact) mass is 270 g/mol. The Hall–Kier alpha value is -1.68. The highest BCUT2D eigenvalue weighted by molar-refractivity contribution is 5.35. The van der Waals surface area contributed by atoms with E-state index in [0.29, 0.717) is 11.8 Å². The van der Waals surface area contributed by atoms with E-state index in [4.69, 9.17) is 0 Å². The van der Waals surface area contributed by atoms with Gasteiger partial charge in [-0.25, -0.2) is 4.98 Å². The molecule has 1 saturated heterocycles. The maximum atomic E-state index is 4.57. The molecule has 0 saturated carbocycles. The summed E-state index contributed by atoms with van der Waals surface area (Å²) in [6.07, 6.45) is 8.29. The van der Waals surface area contributed by atoms with E-state index in [1.165, 1.54) is 24.2 Å². The van der Waals surface area contributed by atoms with E-state index in [1.807, 2.05) is 18.6 Å². The van der Waals surface area contributed by atoms with Crippen LogP contribution in [0.2, 0.25) is 0 Å². The number of hydrogen-bond acceptors (Lipinski definition) is 3. The van der Waals surface area contributed by atoms with Crippen LogP contribution in [-0.4, -0.2) is 27.6 Å². The van der Waals surface area contributed by atoms with Crippen molar-refractivity contribution in [3.8, 4) is 5.69 Å². The molecular formula is C16H22N4. The summed E-state index contributed by atoms with van der Waals surface area (Å²) in [5.41, 5.74) is 2.36. The number of pyridine rings is 1. The van der Waals surface area contributed by atoms with Crippen LogP contribution in [0.5, 0.6) is 0 Å². The summed E-state index contributed by atoms with van der Waals surface area (Å²) < 4.78 is 2.17. The Labute approximate surface area is 120 Å². The lowest BCUT2D eigenvalue weighted by Gasteiger charge is -2.22. The zero-order valence-corrected chi connectivity index (χ0v) is 12.2. The quantitative estimate of drug-likeness (QED) is 0.932. The minimum absolute atomic E-state index is 0.415. The summed E-state index contributed by atoms with van der Waals surface area (Å²) >= 11 is 0. The van der Waals surface area contributed by atoms with Gasteiger partial charge in [-0.3, -0.25) is 4.98 Å². The molecule has 1 fully saturated rings. The van der Waals surface area contributed by atoms with Crippen molar-refractivity contribution in [2.75, 3.05) is 13.1 Å². The fourth-order valence-corrected chi connectivity index (χ4v) is 2.87. The fourth-order valence-electron chi connectivity index (χ4n) is 2.87. The minimum Gasteiger partial charge on any atom is -0.316 e. The second kappa shape index (κ2) is 5.75. The van der Waals surface area contributed by atoms with Crippen molar-refractivity contribution in [1.29, 1.82) is 0 Å². The van der Waals surface area contributed by atoms with Gasteiger partial charge in [0.1, 0.15) is 5.82 Å². The first-order valence-electron chi connectivity index (χ1n) is 7.46. The lowest BCUT2D eigenvalue weighted by atomic mass is 9.95. The number of imidazole rings is 1. The van der Waals surface area contributed by atoms with E-state index >= 15 is 0 Å². The number of nitrogens with zero attached hydrogens (tertiary/aromatic N) is 3. The van der Waals surface area contributed by atoms with Gasteiger partial charge in [0.25, 0.3) is 0 Å². The third kappa shape index (κ3) is 2.61. The van der Waals surface area contributed by atoms with Gasteiger partial charge in [-0.15, -0.1) is 0 Å². The third-order valence-electron chi connectivity index (χ3n) is 3.94. The number of piperidine rings is 1. The molecule has 1 unspecified atom stereocenters. The topological polar surface area (TPSA) is 42.7 Å². The lowest BCUT2D eigenvalue weighted by Crippen LogP contribution is -2.28. The van der Waals surface area contributed by atoms with Gasteiger partial charge in [-0.05, 0) is 31.5 Å².